The fourth-order valence-corrected chi connectivity index (χ4v) is 4.74. The summed E-state index contributed by atoms with van der Waals surface area (Å²) >= 11 is 0. The van der Waals surface area contributed by atoms with Crippen LogP contribution in [0, 0.1) is 0 Å². The molecule has 2 heterocycles. The van der Waals surface area contributed by atoms with Gasteiger partial charge in [0.05, 0.1) is 21.3 Å². The van der Waals surface area contributed by atoms with E-state index in [1.165, 1.54) is 40.6 Å². The van der Waals surface area contributed by atoms with Gasteiger partial charge in [-0.2, -0.15) is 0 Å². The summed E-state index contributed by atoms with van der Waals surface area (Å²) in [5, 5.41) is 3.27. The van der Waals surface area contributed by atoms with Crippen molar-refractivity contribution in [3.05, 3.63) is 17.7 Å². The Morgan fingerprint density at radius 1 is 1.00 bits per heavy atom. The zero-order valence-corrected chi connectivity index (χ0v) is 21.1. The van der Waals surface area contributed by atoms with E-state index in [4.69, 9.17) is 14.2 Å². The summed E-state index contributed by atoms with van der Waals surface area (Å²) in [5.41, 5.74) is 0.454. The average Bonchev–Trinajstić information content (AvgIpc) is 2.88. The van der Waals surface area contributed by atoms with E-state index < -0.39 is 0 Å². The lowest BCUT2D eigenvalue weighted by Crippen LogP contribution is -2.48. The number of carbonyl (C=O) groups is 2. The number of methoxy groups -OCH3 is 3. The number of piperazine rings is 1. The Kier molecular flexibility index (Phi) is 9.83. The number of ether oxygens (including phenoxy) is 3. The summed E-state index contributed by atoms with van der Waals surface area (Å²) in [6.45, 7) is 8.08. The molecule has 0 aromatic heterocycles. The van der Waals surface area contributed by atoms with Crippen LogP contribution >= 0.6 is 0 Å². The molecule has 0 radical (unpaired) electrons. The van der Waals surface area contributed by atoms with E-state index in [1.807, 2.05) is 4.90 Å². The van der Waals surface area contributed by atoms with Crippen molar-refractivity contribution in [2.24, 2.45) is 0 Å². The Morgan fingerprint density at radius 2 is 1.68 bits per heavy atom. The summed E-state index contributed by atoms with van der Waals surface area (Å²) in [6, 6.07) is 3.87. The molecule has 0 unspecified atom stereocenters. The molecule has 2 aliphatic heterocycles. The Morgan fingerprint density at radius 3 is 2.26 bits per heavy atom. The number of likely N-dealkylation sites (tertiary alicyclic amines) is 1. The predicted octanol–water partition coefficient (Wildman–Crippen LogP) is 1.85. The van der Waals surface area contributed by atoms with E-state index in [9.17, 15) is 9.59 Å². The number of piperidine rings is 1. The van der Waals surface area contributed by atoms with Gasteiger partial charge < -0.3 is 29.3 Å². The monoisotopic (exact) mass is 476 g/mol. The van der Waals surface area contributed by atoms with Gasteiger partial charge in [-0.05, 0) is 38.4 Å². The van der Waals surface area contributed by atoms with Crippen LogP contribution in [-0.2, 0) is 4.79 Å². The number of carbonyl (C=O) groups excluding carboxylic acids is 2. The Labute approximate surface area is 203 Å². The number of rotatable bonds is 10. The molecule has 2 amide bonds. The van der Waals surface area contributed by atoms with Crippen molar-refractivity contribution in [2.75, 3.05) is 73.7 Å². The van der Waals surface area contributed by atoms with Crippen molar-refractivity contribution in [1.82, 2.24) is 20.0 Å². The van der Waals surface area contributed by atoms with E-state index in [0.29, 0.717) is 61.5 Å². The summed E-state index contributed by atoms with van der Waals surface area (Å²) < 4.78 is 16.3. The van der Waals surface area contributed by atoms with Gasteiger partial charge in [0.1, 0.15) is 0 Å². The molecule has 0 bridgehead atoms. The molecule has 1 N–H and O–H groups in total. The van der Waals surface area contributed by atoms with Crippen molar-refractivity contribution in [3.8, 4) is 17.2 Å². The highest BCUT2D eigenvalue weighted by Gasteiger charge is 2.25. The molecule has 1 atom stereocenters. The Hall–Kier alpha value is -2.52. The second-order valence-electron chi connectivity index (χ2n) is 8.97. The number of amides is 2. The molecule has 2 aliphatic rings. The minimum atomic E-state index is -0.142. The fourth-order valence-electron chi connectivity index (χ4n) is 4.74. The summed E-state index contributed by atoms with van der Waals surface area (Å²) in [4.78, 5) is 32.6. The molecule has 34 heavy (non-hydrogen) atoms. The van der Waals surface area contributed by atoms with Crippen molar-refractivity contribution >= 4 is 11.8 Å². The average molecular weight is 477 g/mol. The van der Waals surface area contributed by atoms with Crippen LogP contribution in [0.4, 0.5) is 0 Å². The van der Waals surface area contributed by atoms with Crippen molar-refractivity contribution in [3.63, 3.8) is 0 Å². The highest BCUT2D eigenvalue weighted by Crippen LogP contribution is 2.38. The van der Waals surface area contributed by atoms with Crippen molar-refractivity contribution < 1.29 is 23.8 Å². The van der Waals surface area contributed by atoms with Crippen LogP contribution in [0.25, 0.3) is 0 Å². The maximum absolute atomic E-state index is 13.6. The van der Waals surface area contributed by atoms with Crippen LogP contribution in [0.3, 0.4) is 0 Å². The van der Waals surface area contributed by atoms with Crippen molar-refractivity contribution in [2.45, 2.75) is 38.6 Å². The zero-order valence-electron chi connectivity index (χ0n) is 21.1. The van der Waals surface area contributed by atoms with Crippen LogP contribution in [0.5, 0.6) is 17.2 Å². The number of nitrogens with zero attached hydrogens (tertiary/aromatic N) is 3. The minimum Gasteiger partial charge on any atom is -0.493 e. The number of hydrogen-bond acceptors (Lipinski definition) is 7. The topological polar surface area (TPSA) is 83.6 Å². The molecular formula is C25H40N4O5. The first kappa shape index (κ1) is 26.1. The van der Waals surface area contributed by atoms with Gasteiger partial charge in [-0.15, -0.1) is 0 Å². The lowest BCUT2D eigenvalue weighted by Gasteiger charge is -2.35. The zero-order chi connectivity index (χ0) is 24.5. The molecule has 0 spiro atoms. The quantitative estimate of drug-likeness (QED) is 0.552. The Bertz CT molecular complexity index is 803. The third-order valence-corrected chi connectivity index (χ3v) is 6.86. The number of benzene rings is 1. The second kappa shape index (κ2) is 12.8. The third kappa shape index (κ3) is 6.54. The highest BCUT2D eigenvalue weighted by molar-refractivity contribution is 5.96. The number of hydrogen-bond donors (Lipinski definition) is 1. The molecule has 190 valence electrons. The highest BCUT2D eigenvalue weighted by atomic mass is 16.5. The van der Waals surface area contributed by atoms with Crippen LogP contribution in [0.15, 0.2) is 12.1 Å². The van der Waals surface area contributed by atoms with Crippen LogP contribution < -0.4 is 19.5 Å². The van der Waals surface area contributed by atoms with Crippen LogP contribution in [-0.4, -0.2) is 106 Å². The summed E-state index contributed by atoms with van der Waals surface area (Å²) in [5.74, 6) is 1.27. The predicted molar refractivity (Wildman–Crippen MR) is 131 cm³/mol. The van der Waals surface area contributed by atoms with Gasteiger partial charge in [0, 0.05) is 63.8 Å². The first-order valence-electron chi connectivity index (χ1n) is 12.3. The van der Waals surface area contributed by atoms with E-state index in [1.54, 1.807) is 17.0 Å². The van der Waals surface area contributed by atoms with E-state index in [2.05, 4.69) is 17.1 Å². The molecule has 2 saturated heterocycles. The van der Waals surface area contributed by atoms with Gasteiger partial charge in [-0.3, -0.25) is 14.5 Å². The van der Waals surface area contributed by atoms with Gasteiger partial charge in [-0.1, -0.05) is 6.42 Å². The molecule has 9 nitrogen and oxygen atoms in total. The van der Waals surface area contributed by atoms with Crippen LogP contribution in [0.2, 0.25) is 0 Å². The molecule has 1 aromatic carbocycles. The largest absolute Gasteiger partial charge is 0.493 e. The lowest BCUT2D eigenvalue weighted by molar-refractivity contribution is -0.131. The molecule has 0 aliphatic carbocycles. The molecule has 9 heteroatoms. The minimum absolute atomic E-state index is 0.0931. The third-order valence-electron chi connectivity index (χ3n) is 6.86. The maximum Gasteiger partial charge on any atom is 0.254 e. The summed E-state index contributed by atoms with van der Waals surface area (Å²) in [7, 11) is 4.61. The van der Waals surface area contributed by atoms with Crippen molar-refractivity contribution in [1.29, 1.82) is 0 Å². The first-order valence-corrected chi connectivity index (χ1v) is 12.3. The maximum atomic E-state index is 13.6. The smallest absolute Gasteiger partial charge is 0.254 e. The molecule has 3 rings (SSSR count). The standard InChI is InChI=1S/C25H40N4O5/c1-19-7-5-6-11-27(19)15-16-29(12-8-23(30)28-13-9-26-10-14-28)25(31)20-17-21(32-2)24(34-4)22(18-20)33-3/h17-19,26H,5-16H2,1-4H3/t19-/m1/s1. The van der Waals surface area contributed by atoms with E-state index >= 15 is 0 Å². The normalized spacial score (nSPS) is 18.9. The van der Waals surface area contributed by atoms with Gasteiger partial charge in [0.15, 0.2) is 11.5 Å². The van der Waals surface area contributed by atoms with E-state index in [-0.39, 0.29) is 11.8 Å². The second-order valence-corrected chi connectivity index (χ2v) is 8.97. The molecule has 2 fully saturated rings. The van der Waals surface area contributed by atoms with Crippen LogP contribution in [0.1, 0.15) is 43.0 Å². The number of nitrogens with one attached hydrogen (secondary N) is 1. The lowest BCUT2D eigenvalue weighted by atomic mass is 10.0. The SMILES string of the molecule is COc1cc(C(=O)N(CCC(=O)N2CCNCC2)CCN2CCCC[C@H]2C)cc(OC)c1OC. The molecule has 1 aromatic rings. The molecular weight excluding hydrogens is 436 g/mol. The van der Waals surface area contributed by atoms with E-state index in [0.717, 1.165) is 26.2 Å². The van der Waals surface area contributed by atoms with Gasteiger partial charge in [0.25, 0.3) is 5.91 Å². The van der Waals surface area contributed by atoms with Gasteiger partial charge >= 0.3 is 0 Å². The first-order chi connectivity index (χ1) is 16.5. The summed E-state index contributed by atoms with van der Waals surface area (Å²) in [6.07, 6.45) is 3.94. The fraction of sp³-hybridized carbons (Fsp3) is 0.680. The van der Waals surface area contributed by atoms with Gasteiger partial charge in [0.2, 0.25) is 11.7 Å². The van der Waals surface area contributed by atoms with Gasteiger partial charge in [-0.25, -0.2) is 0 Å². The molecule has 0 saturated carbocycles. The Balaban J connectivity index is 1.76.